The fourth-order valence-electron chi connectivity index (χ4n) is 2.78. The minimum Gasteiger partial charge on any atom is -0.350 e. The smallest absolute Gasteiger partial charge is 0.253 e. The van der Waals surface area contributed by atoms with Gasteiger partial charge >= 0.3 is 0 Å². The minimum absolute atomic E-state index is 0.0271. The molecule has 2 aromatic rings. The summed E-state index contributed by atoms with van der Waals surface area (Å²) in [6.07, 6.45) is 5.57. The molecule has 2 heterocycles. The monoisotopic (exact) mass is 351 g/mol. The summed E-state index contributed by atoms with van der Waals surface area (Å²) in [5, 5.41) is 5.93. The molecule has 134 valence electrons. The maximum Gasteiger partial charge on any atom is 0.253 e. The van der Waals surface area contributed by atoms with Crippen molar-refractivity contribution in [2.75, 3.05) is 23.7 Å². The Bertz CT molecular complexity index is 802. The molecule has 0 unspecified atom stereocenters. The van der Waals surface area contributed by atoms with E-state index in [-0.39, 0.29) is 17.9 Å². The van der Waals surface area contributed by atoms with Crippen molar-refractivity contribution in [1.29, 1.82) is 0 Å². The van der Waals surface area contributed by atoms with Crippen LogP contribution in [0.25, 0.3) is 0 Å². The van der Waals surface area contributed by atoms with Crippen LogP contribution in [0.15, 0.2) is 49.3 Å². The van der Waals surface area contributed by atoms with Crippen molar-refractivity contribution in [3.05, 3.63) is 60.4 Å². The van der Waals surface area contributed by atoms with Crippen LogP contribution in [0.1, 0.15) is 22.3 Å². The summed E-state index contributed by atoms with van der Waals surface area (Å²) in [6, 6.07) is 6.98. The van der Waals surface area contributed by atoms with Crippen LogP contribution in [-0.2, 0) is 4.79 Å². The number of hydrogen-bond acceptors (Lipinski definition) is 5. The molecule has 0 saturated carbocycles. The number of nitrogens with one attached hydrogen (secondary N) is 2. The number of carbonyl (C=O) groups excluding carboxylic acids is 2. The molecule has 0 radical (unpaired) electrons. The lowest BCUT2D eigenvalue weighted by atomic mass is 10.2. The molecule has 0 spiro atoms. The Morgan fingerprint density at radius 2 is 1.92 bits per heavy atom. The number of anilines is 2. The number of hydrogen-bond donors (Lipinski definition) is 2. The lowest BCUT2D eigenvalue weighted by Gasteiger charge is -2.17. The predicted octanol–water partition coefficient (Wildman–Crippen LogP) is 2.24. The van der Waals surface area contributed by atoms with E-state index in [9.17, 15) is 9.59 Å². The van der Waals surface area contributed by atoms with Crippen LogP contribution in [0.5, 0.6) is 0 Å². The van der Waals surface area contributed by atoms with E-state index in [0.29, 0.717) is 30.3 Å². The summed E-state index contributed by atoms with van der Waals surface area (Å²) in [7, 11) is 0. The van der Waals surface area contributed by atoms with Crippen LogP contribution in [0.2, 0.25) is 0 Å². The first-order valence-corrected chi connectivity index (χ1v) is 8.43. The van der Waals surface area contributed by atoms with Crippen molar-refractivity contribution >= 4 is 23.5 Å². The minimum atomic E-state index is -0.282. The number of nitrogens with zero attached hydrogens (tertiary/aromatic N) is 3. The van der Waals surface area contributed by atoms with E-state index in [0.717, 1.165) is 12.0 Å². The molecule has 0 aliphatic carbocycles. The lowest BCUT2D eigenvalue weighted by Crippen LogP contribution is -2.31. The van der Waals surface area contributed by atoms with Crippen molar-refractivity contribution in [2.45, 2.75) is 19.4 Å². The van der Waals surface area contributed by atoms with Gasteiger partial charge in [0.25, 0.3) is 5.91 Å². The van der Waals surface area contributed by atoms with E-state index in [1.807, 2.05) is 11.8 Å². The van der Waals surface area contributed by atoms with Gasteiger partial charge in [-0.05, 0) is 49.2 Å². The van der Waals surface area contributed by atoms with Crippen LogP contribution in [0, 0.1) is 6.92 Å². The molecule has 0 bridgehead atoms. The summed E-state index contributed by atoms with van der Waals surface area (Å²) >= 11 is 0. The molecule has 1 fully saturated rings. The fraction of sp³-hybridized carbons (Fsp3) is 0.263. The first kappa shape index (κ1) is 17.6. The van der Waals surface area contributed by atoms with Gasteiger partial charge in [-0.15, -0.1) is 0 Å². The van der Waals surface area contributed by atoms with E-state index in [4.69, 9.17) is 0 Å². The van der Waals surface area contributed by atoms with Crippen LogP contribution >= 0.6 is 0 Å². The standard InChI is InChI=1S/C19H21N5O2/c1-3-17(25)22-15-6-4-14(5-7-15)18(26)24-9-8-16(12-24)23-19-20-10-13(2)11-21-19/h3-7,10-11,16H,1,8-9,12H2,2H3,(H,22,25)(H,20,21,23)/t16-/m0/s1. The van der Waals surface area contributed by atoms with Gasteiger partial charge in [0.1, 0.15) is 0 Å². The SMILES string of the molecule is C=CC(=O)Nc1ccc(C(=O)N2CC[C@H](Nc3ncc(C)cn3)C2)cc1. The summed E-state index contributed by atoms with van der Waals surface area (Å²) in [6.45, 7) is 6.63. The normalized spacial score (nSPS) is 16.2. The molecule has 7 nitrogen and oxygen atoms in total. The highest BCUT2D eigenvalue weighted by Crippen LogP contribution is 2.18. The third kappa shape index (κ3) is 4.24. The number of likely N-dealkylation sites (tertiary alicyclic amines) is 1. The third-order valence-corrected chi connectivity index (χ3v) is 4.17. The maximum absolute atomic E-state index is 12.6. The first-order chi connectivity index (χ1) is 12.5. The summed E-state index contributed by atoms with van der Waals surface area (Å²) < 4.78 is 0. The molecular weight excluding hydrogens is 330 g/mol. The zero-order chi connectivity index (χ0) is 18.5. The number of carbonyl (C=O) groups is 2. The van der Waals surface area contributed by atoms with Crippen molar-refractivity contribution in [1.82, 2.24) is 14.9 Å². The van der Waals surface area contributed by atoms with Gasteiger partial charge in [0, 0.05) is 42.8 Å². The molecule has 1 atom stereocenters. The third-order valence-electron chi connectivity index (χ3n) is 4.17. The largest absolute Gasteiger partial charge is 0.350 e. The first-order valence-electron chi connectivity index (χ1n) is 8.43. The average molecular weight is 351 g/mol. The van der Waals surface area contributed by atoms with Gasteiger partial charge in [0.15, 0.2) is 0 Å². The second-order valence-electron chi connectivity index (χ2n) is 6.24. The molecule has 1 aromatic heterocycles. The molecule has 1 saturated heterocycles. The number of amides is 2. The van der Waals surface area contributed by atoms with E-state index < -0.39 is 0 Å². The second-order valence-corrected chi connectivity index (χ2v) is 6.24. The highest BCUT2D eigenvalue weighted by molar-refractivity contribution is 5.99. The van der Waals surface area contributed by atoms with Crippen LogP contribution in [-0.4, -0.2) is 45.8 Å². The molecule has 7 heteroatoms. The Morgan fingerprint density at radius 1 is 1.23 bits per heavy atom. The Morgan fingerprint density at radius 3 is 2.58 bits per heavy atom. The van der Waals surface area contributed by atoms with Crippen molar-refractivity contribution in [3.63, 3.8) is 0 Å². The van der Waals surface area contributed by atoms with Crippen molar-refractivity contribution in [2.24, 2.45) is 0 Å². The lowest BCUT2D eigenvalue weighted by molar-refractivity contribution is -0.111. The molecular formula is C19H21N5O2. The van der Waals surface area contributed by atoms with Gasteiger partial charge in [0.05, 0.1) is 0 Å². The van der Waals surface area contributed by atoms with Gasteiger partial charge in [0.2, 0.25) is 11.9 Å². The zero-order valence-corrected chi connectivity index (χ0v) is 14.6. The number of rotatable bonds is 5. The van der Waals surface area contributed by atoms with Gasteiger partial charge in [-0.1, -0.05) is 6.58 Å². The molecule has 1 aliphatic heterocycles. The molecule has 26 heavy (non-hydrogen) atoms. The van der Waals surface area contributed by atoms with Gasteiger partial charge in [-0.2, -0.15) is 0 Å². The maximum atomic E-state index is 12.6. The van der Waals surface area contributed by atoms with E-state index >= 15 is 0 Å². The van der Waals surface area contributed by atoms with Crippen LogP contribution < -0.4 is 10.6 Å². The predicted molar refractivity (Wildman–Crippen MR) is 100.0 cm³/mol. The Kier molecular flexibility index (Phi) is 5.26. The number of aryl methyl sites for hydroxylation is 1. The molecule has 1 aromatic carbocycles. The molecule has 2 amide bonds. The van der Waals surface area contributed by atoms with Crippen molar-refractivity contribution in [3.8, 4) is 0 Å². The Hall–Kier alpha value is -3.22. The Labute approximate surface area is 152 Å². The number of aromatic nitrogens is 2. The van der Waals surface area contributed by atoms with E-state index in [1.54, 1.807) is 36.7 Å². The van der Waals surface area contributed by atoms with Crippen molar-refractivity contribution < 1.29 is 9.59 Å². The zero-order valence-electron chi connectivity index (χ0n) is 14.6. The fourth-order valence-corrected chi connectivity index (χ4v) is 2.78. The molecule has 3 rings (SSSR count). The topological polar surface area (TPSA) is 87.2 Å². The van der Waals surface area contributed by atoms with Crippen LogP contribution in [0.3, 0.4) is 0 Å². The van der Waals surface area contributed by atoms with Gasteiger partial charge < -0.3 is 15.5 Å². The summed E-state index contributed by atoms with van der Waals surface area (Å²) in [5.41, 5.74) is 2.23. The number of benzene rings is 1. The van der Waals surface area contributed by atoms with E-state index in [2.05, 4.69) is 27.2 Å². The van der Waals surface area contributed by atoms with Gasteiger partial charge in [-0.3, -0.25) is 9.59 Å². The van der Waals surface area contributed by atoms with Crippen LogP contribution in [0.4, 0.5) is 11.6 Å². The second kappa shape index (κ2) is 7.77. The molecule has 1 aliphatic rings. The Balaban J connectivity index is 1.57. The highest BCUT2D eigenvalue weighted by atomic mass is 16.2. The van der Waals surface area contributed by atoms with E-state index in [1.165, 1.54) is 6.08 Å². The highest BCUT2D eigenvalue weighted by Gasteiger charge is 2.27. The average Bonchev–Trinajstić information content (AvgIpc) is 3.12. The van der Waals surface area contributed by atoms with Gasteiger partial charge in [-0.25, -0.2) is 9.97 Å². The molecule has 2 N–H and O–H groups in total. The quantitative estimate of drug-likeness (QED) is 0.807. The summed E-state index contributed by atoms with van der Waals surface area (Å²) in [4.78, 5) is 34.2. The summed E-state index contributed by atoms with van der Waals surface area (Å²) in [5.74, 6) is 0.272.